The Labute approximate surface area is 821 Å². The second-order valence-corrected chi connectivity index (χ2v) is 37.0. The molecule has 29 aromatic rings. The van der Waals surface area contributed by atoms with Crippen LogP contribution in [0.5, 0.6) is 0 Å². The molecule has 0 saturated heterocycles. The number of hydrogen-bond donors (Lipinski definition) is 0. The van der Waals surface area contributed by atoms with Crippen molar-refractivity contribution in [3.63, 3.8) is 0 Å². The maximum absolute atomic E-state index is 2.43. The summed E-state index contributed by atoms with van der Waals surface area (Å²) in [6.45, 7) is 0. The summed E-state index contributed by atoms with van der Waals surface area (Å²) in [6.07, 6.45) is 0. The molecule has 0 bridgehead atoms. The van der Waals surface area contributed by atoms with Gasteiger partial charge in [-0.05, 0) is 283 Å². The molecule has 0 aliphatic heterocycles. The minimum absolute atomic E-state index is 1.15. The van der Waals surface area contributed by atoms with Crippen molar-refractivity contribution in [2.24, 2.45) is 0 Å². The van der Waals surface area contributed by atoms with E-state index in [1.807, 2.05) is 0 Å². The SMILES string of the molecule is c1ccc(-c2cc(-c3ccccc3)cc(-n3c4ccccc4c4cc(-c5ccc6c(c5)c5ccccc5n6-c5ccccc5)ccc43)c2)cc1.c1ccc(-c2cccc(-c3cccc(-n4c5ccccc5c5cc(-c6ccc7c(c6)c6ccccc6n7-c6ccccc6)ccc54)c3)c2)cc1.c1ccc(-n2c3ccccc3c3cc(-c4ccc5c(c4)c4ccccc4n5-c4ccc5ccccc5c4)ccc32)cc1. The number of para-hydroxylation sites is 9. The Morgan fingerprint density at radius 1 is 0.0845 bits per heavy atom. The highest BCUT2D eigenvalue weighted by atomic mass is 15.0. The van der Waals surface area contributed by atoms with Gasteiger partial charge in [0.1, 0.15) is 0 Å². The fraction of sp³-hybridized carbons (Fsp3) is 0. The molecular formula is C136H90N6. The molecular weight excluding hydrogens is 1720 g/mol. The van der Waals surface area contributed by atoms with E-state index in [1.54, 1.807) is 0 Å². The molecule has 0 fully saturated rings. The molecule has 0 saturated carbocycles. The van der Waals surface area contributed by atoms with Crippen molar-refractivity contribution < 1.29 is 0 Å². The third-order valence-corrected chi connectivity index (χ3v) is 28.9. The van der Waals surface area contributed by atoms with Crippen LogP contribution in [0, 0.1) is 0 Å². The summed E-state index contributed by atoms with van der Waals surface area (Å²) in [5, 5.41) is 17.6. The number of rotatable bonds is 13. The Balaban J connectivity index is 0.000000107. The van der Waals surface area contributed by atoms with E-state index in [0.717, 1.165) is 11.4 Å². The van der Waals surface area contributed by atoms with Crippen LogP contribution in [-0.4, -0.2) is 27.4 Å². The zero-order valence-electron chi connectivity index (χ0n) is 77.6. The molecule has 0 spiro atoms. The van der Waals surface area contributed by atoms with Gasteiger partial charge in [0, 0.05) is 98.8 Å². The summed E-state index contributed by atoms with van der Waals surface area (Å²) in [4.78, 5) is 0. The number of fused-ring (bicyclic) bond motifs is 19. The highest BCUT2D eigenvalue weighted by molar-refractivity contribution is 6.17. The Morgan fingerprint density at radius 3 is 0.606 bits per heavy atom. The van der Waals surface area contributed by atoms with E-state index in [1.165, 1.54) is 242 Å². The van der Waals surface area contributed by atoms with E-state index < -0.39 is 0 Å². The van der Waals surface area contributed by atoms with Crippen LogP contribution in [0.25, 0.3) is 254 Å². The third-order valence-electron chi connectivity index (χ3n) is 28.9. The minimum atomic E-state index is 1.15. The van der Waals surface area contributed by atoms with E-state index in [0.29, 0.717) is 0 Å². The molecule has 6 heterocycles. The lowest BCUT2D eigenvalue weighted by Crippen LogP contribution is -1.96. The van der Waals surface area contributed by atoms with Gasteiger partial charge in [-0.1, -0.05) is 352 Å². The molecule has 0 atom stereocenters. The summed E-state index contributed by atoms with van der Waals surface area (Å²) in [5.74, 6) is 0. The second-order valence-electron chi connectivity index (χ2n) is 37.0. The molecule has 0 amide bonds. The van der Waals surface area contributed by atoms with Crippen LogP contribution in [0.1, 0.15) is 0 Å². The maximum atomic E-state index is 2.43. The molecule has 6 aromatic heterocycles. The quantitative estimate of drug-likeness (QED) is 0.110. The van der Waals surface area contributed by atoms with Crippen molar-refractivity contribution in [1.29, 1.82) is 0 Å². The van der Waals surface area contributed by atoms with Crippen molar-refractivity contribution >= 4 is 142 Å². The summed E-state index contributed by atoms with van der Waals surface area (Å²) in [7, 11) is 0. The normalized spacial score (nSPS) is 11.7. The molecule has 142 heavy (non-hydrogen) atoms. The number of hydrogen-bond acceptors (Lipinski definition) is 0. The van der Waals surface area contributed by atoms with Gasteiger partial charge < -0.3 is 27.4 Å². The first-order valence-corrected chi connectivity index (χ1v) is 48.8. The predicted octanol–water partition coefficient (Wildman–Crippen LogP) is 36.5. The van der Waals surface area contributed by atoms with Gasteiger partial charge in [-0.15, -0.1) is 0 Å². The lowest BCUT2D eigenvalue weighted by atomic mass is 9.98. The van der Waals surface area contributed by atoms with Gasteiger partial charge >= 0.3 is 0 Å². The van der Waals surface area contributed by atoms with Crippen LogP contribution >= 0.6 is 0 Å². The molecule has 0 aliphatic carbocycles. The molecule has 29 rings (SSSR count). The van der Waals surface area contributed by atoms with Crippen molar-refractivity contribution in [3.05, 3.63) is 546 Å². The van der Waals surface area contributed by atoms with Crippen molar-refractivity contribution in [1.82, 2.24) is 27.4 Å². The molecule has 6 nitrogen and oxygen atoms in total. The second kappa shape index (κ2) is 34.7. The van der Waals surface area contributed by atoms with Gasteiger partial charge in [-0.2, -0.15) is 0 Å². The predicted molar refractivity (Wildman–Crippen MR) is 601 cm³/mol. The Hall–Kier alpha value is -18.9. The van der Waals surface area contributed by atoms with Gasteiger partial charge in [0.15, 0.2) is 0 Å². The molecule has 664 valence electrons. The fourth-order valence-electron chi connectivity index (χ4n) is 22.3. The number of aromatic nitrogens is 6. The monoisotopic (exact) mass is 1810 g/mol. The number of nitrogens with zero attached hydrogens (tertiary/aromatic N) is 6. The Kier molecular flexibility index (Phi) is 20.2. The first-order valence-electron chi connectivity index (χ1n) is 48.8. The number of benzene rings is 23. The standard InChI is InChI=1S/2C48H32N2.C40H26N2/c1-4-14-33(15-5-1)37-28-38(34-16-6-2-7-17-34)30-40(29-37)50-46-23-13-11-21-42(46)44-32-36(25-27-48(44)50)35-24-26-47-43(31-35)41-20-10-12-22-45(41)49(47)39-18-8-3-9-19-39;1-3-13-33(14-4-1)34-15-11-16-35(29-34)36-17-12-20-40(30-36)50-46-24-10-8-22-42(46)44-32-38(26-28-48(44)50)37-25-27-47-43(31-37)41-21-7-9-23-45(41)49(47)39-18-5-2-6-19-39;1-2-12-31(13-3-1)41-37-16-8-6-14-33(37)35-25-29(19-22-39(35)41)30-20-23-40-36(26-30)34-15-7-9-17-38(34)42(40)32-21-18-27-10-4-5-11-28(27)24-32/h2*1-32H;1-26H. The third kappa shape index (κ3) is 14.3. The van der Waals surface area contributed by atoms with E-state index in [-0.39, 0.29) is 0 Å². The van der Waals surface area contributed by atoms with Gasteiger partial charge in [-0.3, -0.25) is 0 Å². The van der Waals surface area contributed by atoms with Crippen molar-refractivity contribution in [2.75, 3.05) is 0 Å². The molecule has 6 heteroatoms. The molecule has 0 radical (unpaired) electrons. The van der Waals surface area contributed by atoms with E-state index in [4.69, 9.17) is 0 Å². The molecule has 0 aliphatic rings. The average molecular weight is 1810 g/mol. The van der Waals surface area contributed by atoms with E-state index in [2.05, 4.69) is 573 Å². The highest BCUT2D eigenvalue weighted by Gasteiger charge is 2.24. The first-order chi connectivity index (χ1) is 70.4. The molecule has 0 N–H and O–H groups in total. The van der Waals surface area contributed by atoms with Crippen molar-refractivity contribution in [2.45, 2.75) is 0 Å². The Morgan fingerprint density at radius 2 is 0.282 bits per heavy atom. The molecule has 23 aromatic carbocycles. The van der Waals surface area contributed by atoms with Gasteiger partial charge in [0.05, 0.1) is 66.2 Å². The minimum Gasteiger partial charge on any atom is -0.309 e. The lowest BCUT2D eigenvalue weighted by Gasteiger charge is -2.14. The van der Waals surface area contributed by atoms with Gasteiger partial charge in [-0.25, -0.2) is 0 Å². The van der Waals surface area contributed by atoms with E-state index in [9.17, 15) is 0 Å². The lowest BCUT2D eigenvalue weighted by molar-refractivity contribution is 1.18. The smallest absolute Gasteiger partial charge is 0.0541 e. The summed E-state index contributed by atoms with van der Waals surface area (Å²) in [6, 6.07) is 198. The van der Waals surface area contributed by atoms with Crippen LogP contribution in [0.15, 0.2) is 546 Å². The maximum Gasteiger partial charge on any atom is 0.0541 e. The van der Waals surface area contributed by atoms with Crippen molar-refractivity contribution in [3.8, 4) is 112 Å². The van der Waals surface area contributed by atoms with Crippen LogP contribution in [0.3, 0.4) is 0 Å². The summed E-state index contributed by atoms with van der Waals surface area (Å²) >= 11 is 0. The summed E-state index contributed by atoms with van der Waals surface area (Å²) < 4.78 is 14.4. The van der Waals surface area contributed by atoms with Crippen LogP contribution < -0.4 is 0 Å². The van der Waals surface area contributed by atoms with Crippen LogP contribution in [0.2, 0.25) is 0 Å². The van der Waals surface area contributed by atoms with Crippen LogP contribution in [0.4, 0.5) is 0 Å². The van der Waals surface area contributed by atoms with Gasteiger partial charge in [0.25, 0.3) is 0 Å². The zero-order valence-corrected chi connectivity index (χ0v) is 77.6. The highest BCUT2D eigenvalue weighted by Crippen LogP contribution is 2.46. The molecule has 0 unspecified atom stereocenters. The van der Waals surface area contributed by atoms with E-state index >= 15 is 0 Å². The zero-order chi connectivity index (χ0) is 93.7. The topological polar surface area (TPSA) is 29.6 Å². The van der Waals surface area contributed by atoms with Crippen LogP contribution in [-0.2, 0) is 0 Å². The average Bonchev–Trinajstić information content (AvgIpc) is 1.60. The Bertz CT molecular complexity index is 9910. The van der Waals surface area contributed by atoms with Gasteiger partial charge in [0.2, 0.25) is 0 Å². The first kappa shape index (κ1) is 82.6. The summed E-state index contributed by atoms with van der Waals surface area (Å²) in [5.41, 5.74) is 38.6. The largest absolute Gasteiger partial charge is 0.309 e. The fourth-order valence-corrected chi connectivity index (χ4v) is 22.3.